The molecular formula is C42H70N4O2+2. The number of phenols is 2. The number of aliphatic imine (C=N–C) groups is 2. The van der Waals surface area contributed by atoms with Crippen molar-refractivity contribution in [2.45, 2.75) is 145 Å². The van der Waals surface area contributed by atoms with Gasteiger partial charge in [0.1, 0.15) is 24.6 Å². The minimum Gasteiger partial charge on any atom is -0.507 e. The molecule has 1 saturated carbocycles. The summed E-state index contributed by atoms with van der Waals surface area (Å²) in [5.41, 5.74) is 5.69. The number of aromatic hydroxyl groups is 2. The largest absolute Gasteiger partial charge is 0.507 e. The van der Waals surface area contributed by atoms with E-state index in [2.05, 4.69) is 107 Å². The van der Waals surface area contributed by atoms with Crippen molar-refractivity contribution in [3.8, 4) is 11.5 Å². The number of hydrogen-bond acceptors (Lipinski definition) is 4. The molecule has 0 heterocycles. The van der Waals surface area contributed by atoms with Crippen LogP contribution in [0.25, 0.3) is 0 Å². The number of nitrogens with zero attached hydrogens (tertiary/aromatic N) is 4. The lowest BCUT2D eigenvalue weighted by Crippen LogP contribution is -2.46. The fourth-order valence-corrected chi connectivity index (χ4v) is 7.54. The smallest absolute Gasteiger partial charge is 0.128 e. The molecule has 2 aromatic carbocycles. The maximum absolute atomic E-state index is 11.5. The molecule has 2 aromatic rings. The van der Waals surface area contributed by atoms with Crippen LogP contribution in [0.3, 0.4) is 0 Å². The molecule has 0 radical (unpaired) electrons. The summed E-state index contributed by atoms with van der Waals surface area (Å²) in [5.74, 6) is 0.677. The van der Waals surface area contributed by atoms with Crippen LogP contribution in [-0.4, -0.2) is 83.0 Å². The molecule has 48 heavy (non-hydrogen) atoms. The summed E-state index contributed by atoms with van der Waals surface area (Å²) in [4.78, 5) is 10.3. The van der Waals surface area contributed by atoms with Gasteiger partial charge in [0.05, 0.1) is 51.4 Å². The van der Waals surface area contributed by atoms with Gasteiger partial charge < -0.3 is 19.2 Å². The van der Waals surface area contributed by atoms with Crippen LogP contribution in [0.15, 0.2) is 34.3 Å². The van der Waals surface area contributed by atoms with Crippen LogP contribution in [0.2, 0.25) is 0 Å². The maximum Gasteiger partial charge on any atom is 0.128 e. The number of phenolic OH excluding ortho intramolecular Hbond substituents is 2. The summed E-state index contributed by atoms with van der Waals surface area (Å²) in [7, 11) is 0. The van der Waals surface area contributed by atoms with E-state index in [-0.39, 0.29) is 22.9 Å². The maximum atomic E-state index is 11.5. The van der Waals surface area contributed by atoms with E-state index in [4.69, 9.17) is 9.98 Å². The summed E-state index contributed by atoms with van der Waals surface area (Å²) in [6.45, 7) is 35.0. The second kappa shape index (κ2) is 16.3. The summed E-state index contributed by atoms with van der Waals surface area (Å²) < 4.78 is 2.04. The van der Waals surface area contributed by atoms with E-state index in [1.807, 2.05) is 12.4 Å². The topological polar surface area (TPSA) is 65.2 Å². The van der Waals surface area contributed by atoms with Gasteiger partial charge in [-0.15, -0.1) is 0 Å². The fourth-order valence-electron chi connectivity index (χ4n) is 7.54. The van der Waals surface area contributed by atoms with E-state index in [1.54, 1.807) is 0 Å². The second-order valence-corrected chi connectivity index (χ2v) is 16.5. The first kappa shape index (κ1) is 39.7. The molecule has 6 nitrogen and oxygen atoms in total. The Kier molecular flexibility index (Phi) is 13.5. The van der Waals surface area contributed by atoms with Gasteiger partial charge in [-0.2, -0.15) is 0 Å². The Morgan fingerprint density at radius 3 is 1.17 bits per heavy atom. The molecule has 0 amide bonds. The van der Waals surface area contributed by atoms with Gasteiger partial charge >= 0.3 is 0 Å². The zero-order valence-electron chi connectivity index (χ0n) is 32.8. The number of benzene rings is 2. The zero-order chi connectivity index (χ0) is 35.9. The van der Waals surface area contributed by atoms with Gasteiger partial charge in [0.25, 0.3) is 0 Å². The minimum absolute atomic E-state index is 0.0324. The summed E-state index contributed by atoms with van der Waals surface area (Å²) >= 11 is 0. The van der Waals surface area contributed by atoms with E-state index in [0.717, 1.165) is 109 Å². The van der Waals surface area contributed by atoms with Crippen molar-refractivity contribution in [3.63, 3.8) is 0 Å². The molecule has 0 bridgehead atoms. The molecule has 0 aliphatic heterocycles. The average Bonchev–Trinajstić information content (AvgIpc) is 3.05. The van der Waals surface area contributed by atoms with E-state index < -0.39 is 0 Å². The van der Waals surface area contributed by atoms with Crippen LogP contribution >= 0.6 is 0 Å². The molecule has 3 rings (SSSR count). The van der Waals surface area contributed by atoms with Crippen molar-refractivity contribution in [1.82, 2.24) is 0 Å². The molecule has 2 N–H and O–H groups in total. The molecular weight excluding hydrogens is 592 g/mol. The predicted molar refractivity (Wildman–Crippen MR) is 206 cm³/mol. The number of quaternary nitrogens is 2. The molecule has 1 aliphatic rings. The Balaban J connectivity index is 2.01. The lowest BCUT2D eigenvalue weighted by molar-refractivity contribution is -0.936. The van der Waals surface area contributed by atoms with Crippen molar-refractivity contribution in [3.05, 3.63) is 57.6 Å². The van der Waals surface area contributed by atoms with Gasteiger partial charge in [-0.3, -0.25) is 9.98 Å². The van der Waals surface area contributed by atoms with Crippen molar-refractivity contribution >= 4 is 12.4 Å². The van der Waals surface area contributed by atoms with Crippen LogP contribution in [0, 0.1) is 0 Å². The van der Waals surface area contributed by atoms with Gasteiger partial charge in [0.2, 0.25) is 0 Å². The van der Waals surface area contributed by atoms with E-state index in [1.165, 1.54) is 11.1 Å². The monoisotopic (exact) mass is 663 g/mol. The SMILES string of the molecule is CC[N+](CC)(CC)Cc1cc(C=N[C@@H]2CCCC[C@H]2N=Cc2cc(C[N+](CC)(CC)CC)cc(C(C)(C)C)c2O)c(O)c(C(C)(C)C)c1. The van der Waals surface area contributed by atoms with E-state index in [9.17, 15) is 10.2 Å². The zero-order valence-corrected chi connectivity index (χ0v) is 32.8. The van der Waals surface area contributed by atoms with Crippen molar-refractivity contribution in [2.75, 3.05) is 39.3 Å². The first-order valence-electron chi connectivity index (χ1n) is 19.0. The Morgan fingerprint density at radius 1 is 0.583 bits per heavy atom. The van der Waals surface area contributed by atoms with Crippen molar-refractivity contribution in [1.29, 1.82) is 0 Å². The third-order valence-electron chi connectivity index (χ3n) is 11.6. The van der Waals surface area contributed by atoms with Gasteiger partial charge in [0, 0.05) is 45.8 Å². The molecule has 2 atom stereocenters. The molecule has 0 unspecified atom stereocenters. The highest BCUT2D eigenvalue weighted by atomic mass is 16.3. The van der Waals surface area contributed by atoms with Gasteiger partial charge in [-0.1, -0.05) is 54.4 Å². The lowest BCUT2D eigenvalue weighted by atomic mass is 9.83. The molecule has 268 valence electrons. The normalized spacial score (nSPS) is 18.3. The van der Waals surface area contributed by atoms with Crippen LogP contribution in [0.1, 0.15) is 142 Å². The predicted octanol–water partition coefficient (Wildman–Crippen LogP) is 9.30. The third-order valence-corrected chi connectivity index (χ3v) is 11.6. The molecule has 0 saturated heterocycles. The Bertz CT molecular complexity index is 1280. The highest BCUT2D eigenvalue weighted by molar-refractivity contribution is 5.86. The Morgan fingerprint density at radius 2 is 0.896 bits per heavy atom. The molecule has 6 heteroatoms. The van der Waals surface area contributed by atoms with Gasteiger partial charge in [-0.05, 0) is 89.5 Å². The van der Waals surface area contributed by atoms with Crippen molar-refractivity contribution in [2.24, 2.45) is 9.98 Å². The van der Waals surface area contributed by atoms with E-state index >= 15 is 0 Å². The Labute approximate surface area is 294 Å². The number of rotatable bonds is 14. The highest BCUT2D eigenvalue weighted by Crippen LogP contribution is 2.37. The van der Waals surface area contributed by atoms with E-state index in [0.29, 0.717) is 11.5 Å². The van der Waals surface area contributed by atoms with Crippen molar-refractivity contribution < 1.29 is 19.2 Å². The van der Waals surface area contributed by atoms with Crippen LogP contribution < -0.4 is 0 Å². The summed E-state index contributed by atoms with van der Waals surface area (Å²) in [5, 5.41) is 23.0. The van der Waals surface area contributed by atoms with Crippen LogP contribution in [-0.2, 0) is 23.9 Å². The Hall–Kier alpha value is -2.70. The first-order valence-corrected chi connectivity index (χ1v) is 19.0. The quantitative estimate of drug-likeness (QED) is 0.156. The second-order valence-electron chi connectivity index (χ2n) is 16.5. The molecule has 1 fully saturated rings. The fraction of sp³-hybridized carbons (Fsp3) is 0.667. The number of hydrogen-bond donors (Lipinski definition) is 2. The standard InChI is InChI=1S/C42H68N4O2/c1-13-45(14-2,15-3)29-31-23-33(39(47)35(25-31)41(7,8)9)27-43-37-21-19-20-22-38(37)44-28-34-24-32(30-46(16-4,17-5)18-6)26-36(40(34)48)42(10,11)12/h23-28,37-38H,13-22,29-30H2,1-12H3/p+2/t37-,38-/m1/s1. The minimum atomic E-state index is -0.187. The molecule has 0 aromatic heterocycles. The van der Waals surface area contributed by atoms with Crippen LogP contribution in [0.4, 0.5) is 0 Å². The van der Waals surface area contributed by atoms with Crippen LogP contribution in [0.5, 0.6) is 11.5 Å². The third kappa shape index (κ3) is 9.50. The average molecular weight is 663 g/mol. The highest BCUT2D eigenvalue weighted by Gasteiger charge is 2.29. The van der Waals surface area contributed by atoms with Gasteiger partial charge in [0.15, 0.2) is 0 Å². The summed E-state index contributed by atoms with van der Waals surface area (Å²) in [6.07, 6.45) is 8.01. The van der Waals surface area contributed by atoms with Gasteiger partial charge in [-0.25, -0.2) is 0 Å². The first-order chi connectivity index (χ1) is 22.5. The summed E-state index contributed by atoms with van der Waals surface area (Å²) in [6, 6.07) is 8.80. The molecule has 1 aliphatic carbocycles. The lowest BCUT2D eigenvalue weighted by Gasteiger charge is -2.36. The molecule has 0 spiro atoms.